The van der Waals surface area contributed by atoms with E-state index in [4.69, 9.17) is 16.7 Å². The SMILES string of the molecule is O=C1CC(=O)N(c2cc(C(=O)O)cc(Cl)n2)C1. The second kappa shape index (κ2) is 4.14. The fraction of sp³-hybridized carbons (Fsp3) is 0.200. The zero-order valence-electron chi connectivity index (χ0n) is 8.51. The lowest BCUT2D eigenvalue weighted by molar-refractivity contribution is -0.121. The molecule has 0 aromatic carbocycles. The van der Waals surface area contributed by atoms with E-state index in [0.717, 1.165) is 4.90 Å². The Bertz CT molecular complexity index is 529. The molecule has 0 unspecified atom stereocenters. The third-order valence-corrected chi connectivity index (χ3v) is 2.48. The summed E-state index contributed by atoms with van der Waals surface area (Å²) in [4.78, 5) is 38.3. The quantitative estimate of drug-likeness (QED) is 0.621. The van der Waals surface area contributed by atoms with Crippen molar-refractivity contribution in [1.29, 1.82) is 0 Å². The van der Waals surface area contributed by atoms with Crippen molar-refractivity contribution in [2.75, 3.05) is 11.4 Å². The van der Waals surface area contributed by atoms with Gasteiger partial charge in [0.2, 0.25) is 5.91 Å². The molecule has 1 aromatic rings. The molecule has 1 saturated heterocycles. The number of ketones is 1. The Balaban J connectivity index is 2.42. The van der Waals surface area contributed by atoms with Crippen molar-refractivity contribution >= 4 is 35.1 Å². The molecule has 7 heteroatoms. The summed E-state index contributed by atoms with van der Waals surface area (Å²) < 4.78 is 0. The molecule has 1 aromatic heterocycles. The summed E-state index contributed by atoms with van der Waals surface area (Å²) in [5.74, 6) is -1.71. The highest BCUT2D eigenvalue weighted by Crippen LogP contribution is 2.21. The zero-order chi connectivity index (χ0) is 12.6. The van der Waals surface area contributed by atoms with Gasteiger partial charge in [-0.15, -0.1) is 0 Å². The van der Waals surface area contributed by atoms with Gasteiger partial charge in [0, 0.05) is 0 Å². The summed E-state index contributed by atoms with van der Waals surface area (Å²) in [6.07, 6.45) is -0.184. The summed E-state index contributed by atoms with van der Waals surface area (Å²) >= 11 is 5.66. The predicted molar refractivity (Wildman–Crippen MR) is 58.2 cm³/mol. The Morgan fingerprint density at radius 1 is 1.41 bits per heavy atom. The number of nitrogens with zero attached hydrogens (tertiary/aromatic N) is 2. The minimum absolute atomic E-state index is 0.0351. The highest BCUT2D eigenvalue weighted by molar-refractivity contribution is 6.30. The first kappa shape index (κ1) is 11.5. The fourth-order valence-electron chi connectivity index (χ4n) is 1.54. The maximum Gasteiger partial charge on any atom is 0.335 e. The second-order valence-corrected chi connectivity index (χ2v) is 3.92. The third kappa shape index (κ3) is 2.26. The lowest BCUT2D eigenvalue weighted by atomic mass is 10.2. The number of Topliss-reactive ketones (excluding diaryl/α,β-unsaturated/α-hetero) is 1. The van der Waals surface area contributed by atoms with Crippen molar-refractivity contribution in [2.24, 2.45) is 0 Å². The van der Waals surface area contributed by atoms with Crippen LogP contribution in [-0.4, -0.2) is 34.3 Å². The van der Waals surface area contributed by atoms with Gasteiger partial charge in [-0.1, -0.05) is 11.6 Å². The van der Waals surface area contributed by atoms with E-state index >= 15 is 0 Å². The van der Waals surface area contributed by atoms with Crippen molar-refractivity contribution in [2.45, 2.75) is 6.42 Å². The van der Waals surface area contributed by atoms with E-state index in [0.29, 0.717) is 0 Å². The van der Waals surface area contributed by atoms with Crippen LogP contribution >= 0.6 is 11.6 Å². The molecule has 0 atom stereocenters. The molecule has 1 amide bonds. The van der Waals surface area contributed by atoms with Crippen LogP contribution in [-0.2, 0) is 9.59 Å². The number of carboxylic acid groups (broad SMARTS) is 1. The Morgan fingerprint density at radius 2 is 2.12 bits per heavy atom. The van der Waals surface area contributed by atoms with E-state index < -0.39 is 11.9 Å². The number of aromatic carboxylic acids is 1. The Morgan fingerprint density at radius 3 is 2.65 bits per heavy atom. The first-order valence-corrected chi connectivity index (χ1v) is 5.08. The summed E-state index contributed by atoms with van der Waals surface area (Å²) in [6.45, 7) is -0.0920. The average molecular weight is 255 g/mol. The van der Waals surface area contributed by atoms with E-state index in [-0.39, 0.29) is 35.3 Å². The summed E-state index contributed by atoms with van der Waals surface area (Å²) in [7, 11) is 0. The summed E-state index contributed by atoms with van der Waals surface area (Å²) in [6, 6.07) is 2.39. The topological polar surface area (TPSA) is 87.6 Å². The average Bonchev–Trinajstić information content (AvgIpc) is 2.57. The number of carbonyl (C=O) groups is 3. The maximum atomic E-state index is 11.5. The van der Waals surface area contributed by atoms with Crippen molar-refractivity contribution in [3.05, 3.63) is 22.8 Å². The molecule has 1 fully saturated rings. The maximum absolute atomic E-state index is 11.5. The van der Waals surface area contributed by atoms with Crippen molar-refractivity contribution < 1.29 is 19.5 Å². The number of halogens is 1. The molecule has 0 spiro atoms. The molecule has 88 valence electrons. The number of hydrogen-bond donors (Lipinski definition) is 1. The first-order valence-electron chi connectivity index (χ1n) is 4.70. The molecular formula is C10H7ClN2O4. The van der Waals surface area contributed by atoms with Crippen LogP contribution in [0.4, 0.5) is 5.82 Å². The van der Waals surface area contributed by atoms with Gasteiger partial charge < -0.3 is 5.11 Å². The molecule has 1 aliphatic heterocycles. The largest absolute Gasteiger partial charge is 0.478 e. The van der Waals surface area contributed by atoms with Crippen LogP contribution in [0.25, 0.3) is 0 Å². The lowest BCUT2D eigenvalue weighted by Gasteiger charge is -2.14. The van der Waals surface area contributed by atoms with Crippen LogP contribution in [0.15, 0.2) is 12.1 Å². The number of anilines is 1. The minimum atomic E-state index is -1.17. The molecular weight excluding hydrogens is 248 g/mol. The molecule has 0 radical (unpaired) electrons. The molecule has 1 aliphatic rings. The minimum Gasteiger partial charge on any atom is -0.478 e. The van der Waals surface area contributed by atoms with Gasteiger partial charge in [0.25, 0.3) is 0 Å². The monoisotopic (exact) mass is 254 g/mol. The standard InChI is InChI=1S/C10H7ClN2O4/c11-7-1-5(10(16)17)2-8(12-7)13-4-6(14)3-9(13)15/h1-2H,3-4H2,(H,16,17). The van der Waals surface area contributed by atoms with Crippen LogP contribution in [0.1, 0.15) is 16.8 Å². The molecule has 0 saturated carbocycles. The van der Waals surface area contributed by atoms with E-state index in [1.54, 1.807) is 0 Å². The van der Waals surface area contributed by atoms with Gasteiger partial charge in [-0.05, 0) is 12.1 Å². The van der Waals surface area contributed by atoms with Gasteiger partial charge in [-0.3, -0.25) is 14.5 Å². The van der Waals surface area contributed by atoms with Gasteiger partial charge in [0.15, 0.2) is 5.78 Å². The van der Waals surface area contributed by atoms with Crippen molar-refractivity contribution in [3.8, 4) is 0 Å². The van der Waals surface area contributed by atoms with Crippen LogP contribution in [0.3, 0.4) is 0 Å². The number of amides is 1. The second-order valence-electron chi connectivity index (χ2n) is 3.54. The number of carboxylic acids is 1. The molecule has 1 N–H and O–H groups in total. The number of rotatable bonds is 2. The molecule has 17 heavy (non-hydrogen) atoms. The number of aromatic nitrogens is 1. The van der Waals surface area contributed by atoms with Crippen LogP contribution in [0, 0.1) is 0 Å². The lowest BCUT2D eigenvalue weighted by Crippen LogP contribution is -2.25. The highest BCUT2D eigenvalue weighted by Gasteiger charge is 2.30. The van der Waals surface area contributed by atoms with E-state index in [2.05, 4.69) is 4.98 Å². The summed E-state index contributed by atoms with van der Waals surface area (Å²) in [5.41, 5.74) is -0.0767. The molecule has 2 rings (SSSR count). The number of carbonyl (C=O) groups excluding carboxylic acids is 2. The fourth-order valence-corrected chi connectivity index (χ4v) is 1.74. The van der Waals surface area contributed by atoms with Gasteiger partial charge in [-0.25, -0.2) is 9.78 Å². The normalized spacial score (nSPS) is 15.5. The third-order valence-electron chi connectivity index (χ3n) is 2.29. The Kier molecular flexibility index (Phi) is 2.81. The number of pyridine rings is 1. The predicted octanol–water partition coefficient (Wildman–Crippen LogP) is 0.739. The Hall–Kier alpha value is -1.95. The molecule has 0 aliphatic carbocycles. The summed E-state index contributed by atoms with van der Waals surface area (Å²) in [5, 5.41) is 8.80. The van der Waals surface area contributed by atoms with Crippen molar-refractivity contribution in [3.63, 3.8) is 0 Å². The van der Waals surface area contributed by atoms with Crippen LogP contribution in [0.5, 0.6) is 0 Å². The Labute approximate surface area is 101 Å². The molecule has 6 nitrogen and oxygen atoms in total. The van der Waals surface area contributed by atoms with Crippen LogP contribution < -0.4 is 4.90 Å². The highest BCUT2D eigenvalue weighted by atomic mass is 35.5. The smallest absolute Gasteiger partial charge is 0.335 e. The van der Waals surface area contributed by atoms with Gasteiger partial charge >= 0.3 is 5.97 Å². The van der Waals surface area contributed by atoms with Gasteiger partial charge in [0.05, 0.1) is 18.5 Å². The first-order chi connectivity index (χ1) is 7.97. The van der Waals surface area contributed by atoms with E-state index in [9.17, 15) is 14.4 Å². The van der Waals surface area contributed by atoms with E-state index in [1.807, 2.05) is 0 Å². The van der Waals surface area contributed by atoms with Crippen molar-refractivity contribution in [1.82, 2.24) is 4.98 Å². The van der Waals surface area contributed by atoms with Gasteiger partial charge in [-0.2, -0.15) is 0 Å². The molecule has 0 bridgehead atoms. The van der Waals surface area contributed by atoms with E-state index in [1.165, 1.54) is 12.1 Å². The van der Waals surface area contributed by atoms with Gasteiger partial charge in [0.1, 0.15) is 11.0 Å². The van der Waals surface area contributed by atoms with Crippen LogP contribution in [0.2, 0.25) is 5.15 Å². The number of hydrogen-bond acceptors (Lipinski definition) is 4. The molecule has 2 heterocycles. The zero-order valence-corrected chi connectivity index (χ0v) is 9.27.